The molecule has 6 nitrogen and oxygen atoms in total. The van der Waals surface area contributed by atoms with Crippen molar-refractivity contribution in [1.82, 2.24) is 4.98 Å². The van der Waals surface area contributed by atoms with E-state index in [1.807, 2.05) is 31.2 Å². The molecule has 1 aromatic heterocycles. The molecule has 0 aliphatic carbocycles. The minimum Gasteiger partial charge on any atom is -0.495 e. The number of carbonyl (C=O) groups is 1. The summed E-state index contributed by atoms with van der Waals surface area (Å²) in [4.78, 5) is 27.7. The van der Waals surface area contributed by atoms with Crippen molar-refractivity contribution >= 4 is 22.5 Å². The van der Waals surface area contributed by atoms with E-state index >= 15 is 0 Å². The molecular formula is C21H19N3O3. The molecule has 136 valence electrons. The fourth-order valence-corrected chi connectivity index (χ4v) is 2.90. The third kappa shape index (κ3) is 3.98. The average molecular weight is 361 g/mol. The van der Waals surface area contributed by atoms with Crippen LogP contribution in [-0.2, 0) is 11.2 Å². The molecule has 0 fully saturated rings. The minimum atomic E-state index is -1.00. The van der Waals surface area contributed by atoms with Crippen LogP contribution >= 0.6 is 0 Å². The molecule has 0 saturated heterocycles. The Hall–Kier alpha value is -3.59. The van der Waals surface area contributed by atoms with Crippen molar-refractivity contribution in [3.05, 3.63) is 70.0 Å². The molecule has 3 rings (SSSR count). The molecule has 2 N–H and O–H groups in total. The highest BCUT2D eigenvalue weighted by Crippen LogP contribution is 2.24. The van der Waals surface area contributed by atoms with Crippen LogP contribution in [0.5, 0.6) is 5.75 Å². The zero-order valence-corrected chi connectivity index (χ0v) is 15.1. The van der Waals surface area contributed by atoms with E-state index in [4.69, 9.17) is 4.74 Å². The Morgan fingerprint density at radius 2 is 2.04 bits per heavy atom. The first-order chi connectivity index (χ1) is 13.0. The topological polar surface area (TPSA) is 95.0 Å². The molecular weight excluding hydrogens is 342 g/mol. The predicted octanol–water partition coefficient (Wildman–Crippen LogP) is 3.17. The van der Waals surface area contributed by atoms with Crippen molar-refractivity contribution in [1.29, 1.82) is 5.26 Å². The molecule has 0 saturated carbocycles. The lowest BCUT2D eigenvalue weighted by Gasteiger charge is -2.13. The molecule has 0 bridgehead atoms. The van der Waals surface area contributed by atoms with Gasteiger partial charge in [-0.3, -0.25) is 9.59 Å². The van der Waals surface area contributed by atoms with Crippen molar-refractivity contribution in [3.8, 4) is 11.8 Å². The van der Waals surface area contributed by atoms with Crippen LogP contribution in [0.2, 0.25) is 0 Å². The second-order valence-electron chi connectivity index (χ2n) is 6.29. The quantitative estimate of drug-likeness (QED) is 0.730. The maximum Gasteiger partial charge on any atom is 0.251 e. The van der Waals surface area contributed by atoms with Gasteiger partial charge in [0, 0.05) is 17.5 Å². The van der Waals surface area contributed by atoms with E-state index in [0.29, 0.717) is 17.0 Å². The van der Waals surface area contributed by atoms with Gasteiger partial charge in [-0.2, -0.15) is 5.26 Å². The van der Waals surface area contributed by atoms with Gasteiger partial charge in [-0.15, -0.1) is 0 Å². The summed E-state index contributed by atoms with van der Waals surface area (Å²) in [5.74, 6) is -0.981. The molecule has 3 aromatic rings. The van der Waals surface area contributed by atoms with Gasteiger partial charge in [0.1, 0.15) is 11.7 Å². The number of nitrogens with one attached hydrogen (secondary N) is 2. The highest BCUT2D eigenvalue weighted by molar-refractivity contribution is 5.95. The van der Waals surface area contributed by atoms with Crippen LogP contribution in [0.4, 0.5) is 5.69 Å². The molecule has 1 amide bonds. The second kappa shape index (κ2) is 7.75. The summed E-state index contributed by atoms with van der Waals surface area (Å²) in [7, 11) is 1.50. The maximum atomic E-state index is 12.5. The van der Waals surface area contributed by atoms with E-state index in [1.54, 1.807) is 30.3 Å². The molecule has 1 atom stereocenters. The molecule has 1 heterocycles. The normalized spacial score (nSPS) is 11.6. The molecule has 27 heavy (non-hydrogen) atoms. The molecule has 0 radical (unpaired) electrons. The van der Waals surface area contributed by atoms with Gasteiger partial charge in [0.25, 0.3) is 5.56 Å². The van der Waals surface area contributed by atoms with Crippen LogP contribution in [0.1, 0.15) is 11.1 Å². The number of anilines is 1. The molecule has 6 heteroatoms. The van der Waals surface area contributed by atoms with Gasteiger partial charge in [-0.25, -0.2) is 0 Å². The number of nitriles is 1. The number of benzene rings is 2. The zero-order valence-electron chi connectivity index (χ0n) is 15.1. The van der Waals surface area contributed by atoms with Crippen LogP contribution in [0.25, 0.3) is 10.9 Å². The average Bonchev–Trinajstić information content (AvgIpc) is 2.66. The summed E-state index contributed by atoms with van der Waals surface area (Å²) in [6.07, 6.45) is 0.0244. The summed E-state index contributed by atoms with van der Waals surface area (Å²) in [6.45, 7) is 1.94. The number of para-hydroxylation sites is 2. The van der Waals surface area contributed by atoms with Crippen molar-refractivity contribution in [2.24, 2.45) is 5.92 Å². The van der Waals surface area contributed by atoms with Crippen LogP contribution in [0.3, 0.4) is 0 Å². The largest absolute Gasteiger partial charge is 0.495 e. The minimum absolute atomic E-state index is 0.0244. The number of carbonyl (C=O) groups excluding carboxylic acids is 1. The number of pyridine rings is 1. The third-order valence-electron chi connectivity index (χ3n) is 4.34. The fourth-order valence-electron chi connectivity index (χ4n) is 2.90. The first kappa shape index (κ1) is 18.2. The van der Waals surface area contributed by atoms with Crippen molar-refractivity contribution in [2.45, 2.75) is 13.3 Å². The number of methoxy groups -OCH3 is 1. The van der Waals surface area contributed by atoms with E-state index in [9.17, 15) is 14.9 Å². The van der Waals surface area contributed by atoms with Crippen molar-refractivity contribution in [2.75, 3.05) is 12.4 Å². The Morgan fingerprint density at radius 1 is 1.26 bits per heavy atom. The van der Waals surface area contributed by atoms with E-state index in [-0.39, 0.29) is 12.0 Å². The van der Waals surface area contributed by atoms with Crippen LogP contribution in [0, 0.1) is 24.2 Å². The molecule has 0 spiro atoms. The second-order valence-corrected chi connectivity index (χ2v) is 6.29. The van der Waals surface area contributed by atoms with Gasteiger partial charge >= 0.3 is 0 Å². The number of hydrogen-bond acceptors (Lipinski definition) is 4. The van der Waals surface area contributed by atoms with E-state index in [0.717, 1.165) is 16.5 Å². The number of fused-ring (bicyclic) bond motifs is 1. The lowest BCUT2D eigenvalue weighted by Crippen LogP contribution is -2.26. The summed E-state index contributed by atoms with van der Waals surface area (Å²) < 4.78 is 5.20. The predicted molar refractivity (Wildman–Crippen MR) is 104 cm³/mol. The monoisotopic (exact) mass is 361 g/mol. The van der Waals surface area contributed by atoms with E-state index < -0.39 is 11.8 Å². The van der Waals surface area contributed by atoms with Crippen LogP contribution in [-0.4, -0.2) is 18.0 Å². The molecule has 0 aliphatic heterocycles. The lowest BCUT2D eigenvalue weighted by atomic mass is 9.99. The van der Waals surface area contributed by atoms with Crippen LogP contribution in [0.15, 0.2) is 53.3 Å². The molecule has 2 aromatic carbocycles. The third-order valence-corrected chi connectivity index (χ3v) is 4.34. The van der Waals surface area contributed by atoms with Gasteiger partial charge in [0.2, 0.25) is 5.91 Å². The number of aryl methyl sites for hydroxylation is 1. The van der Waals surface area contributed by atoms with Gasteiger partial charge < -0.3 is 15.0 Å². The Balaban J connectivity index is 1.84. The first-order valence-corrected chi connectivity index (χ1v) is 8.48. The van der Waals surface area contributed by atoms with Gasteiger partial charge in [-0.05, 0) is 42.1 Å². The SMILES string of the molecule is COc1ccccc1NC(=O)[C@H](C#N)Cc1cc2ccc(C)cc2[nH]c1=O. The number of H-pyrrole nitrogens is 1. The Labute approximate surface area is 156 Å². The van der Waals surface area contributed by atoms with Crippen molar-refractivity contribution < 1.29 is 9.53 Å². The number of nitrogens with zero attached hydrogens (tertiary/aromatic N) is 1. The Bertz CT molecular complexity index is 1100. The first-order valence-electron chi connectivity index (χ1n) is 8.48. The zero-order chi connectivity index (χ0) is 19.4. The highest BCUT2D eigenvalue weighted by atomic mass is 16.5. The Kier molecular flexibility index (Phi) is 5.23. The molecule has 0 aliphatic rings. The number of aromatic amines is 1. The summed E-state index contributed by atoms with van der Waals surface area (Å²) in [5.41, 5.74) is 2.35. The van der Waals surface area contributed by atoms with E-state index in [2.05, 4.69) is 10.3 Å². The molecule has 0 unspecified atom stereocenters. The Morgan fingerprint density at radius 3 is 2.78 bits per heavy atom. The number of amides is 1. The number of hydrogen-bond donors (Lipinski definition) is 2. The van der Waals surface area contributed by atoms with Crippen molar-refractivity contribution in [3.63, 3.8) is 0 Å². The van der Waals surface area contributed by atoms with Crippen LogP contribution < -0.4 is 15.6 Å². The van der Waals surface area contributed by atoms with Gasteiger partial charge in [0.15, 0.2) is 0 Å². The summed E-state index contributed by atoms with van der Waals surface area (Å²) >= 11 is 0. The smallest absolute Gasteiger partial charge is 0.251 e. The summed E-state index contributed by atoms with van der Waals surface area (Å²) in [5, 5.41) is 13.0. The number of aromatic nitrogens is 1. The lowest BCUT2D eigenvalue weighted by molar-refractivity contribution is -0.118. The standard InChI is InChI=1S/C21H19N3O3/c1-13-7-8-14-10-15(20(25)24-18(14)9-13)11-16(12-22)21(26)23-17-5-3-4-6-19(17)27-2/h3-10,16H,11H2,1-2H3,(H,23,26)(H,24,25)/t16-/m0/s1. The number of ether oxygens (including phenoxy) is 1. The van der Waals surface area contributed by atoms with Gasteiger partial charge in [0.05, 0.1) is 18.9 Å². The van der Waals surface area contributed by atoms with Gasteiger partial charge in [-0.1, -0.05) is 24.3 Å². The fraction of sp³-hybridized carbons (Fsp3) is 0.190. The number of rotatable bonds is 5. The maximum absolute atomic E-state index is 12.5. The van der Waals surface area contributed by atoms with E-state index in [1.165, 1.54) is 7.11 Å². The highest BCUT2D eigenvalue weighted by Gasteiger charge is 2.21. The summed E-state index contributed by atoms with van der Waals surface area (Å²) in [6, 6.07) is 16.4.